The van der Waals surface area contributed by atoms with Crippen molar-refractivity contribution in [1.82, 2.24) is 9.55 Å². The summed E-state index contributed by atoms with van der Waals surface area (Å²) in [6.07, 6.45) is 6.58. The SMILES string of the molecule is CC(C)(C#N)CCCCn1ccnc1N. The van der Waals surface area contributed by atoms with Gasteiger partial charge in [0.05, 0.1) is 11.5 Å². The van der Waals surface area contributed by atoms with Gasteiger partial charge in [0.2, 0.25) is 0 Å². The molecule has 0 radical (unpaired) electrons. The molecule has 0 unspecified atom stereocenters. The van der Waals surface area contributed by atoms with Crippen molar-refractivity contribution in [3.8, 4) is 6.07 Å². The molecule has 1 aromatic rings. The molecule has 0 atom stereocenters. The van der Waals surface area contributed by atoms with E-state index in [0.29, 0.717) is 5.95 Å². The van der Waals surface area contributed by atoms with E-state index in [1.54, 1.807) is 6.20 Å². The smallest absolute Gasteiger partial charge is 0.200 e. The van der Waals surface area contributed by atoms with Gasteiger partial charge in [0, 0.05) is 18.9 Å². The largest absolute Gasteiger partial charge is 0.369 e. The molecule has 0 amide bonds. The summed E-state index contributed by atoms with van der Waals surface area (Å²) in [5.74, 6) is 0.564. The van der Waals surface area contributed by atoms with Crippen molar-refractivity contribution < 1.29 is 0 Å². The molecule has 0 saturated heterocycles. The van der Waals surface area contributed by atoms with Crippen LogP contribution in [0.3, 0.4) is 0 Å². The van der Waals surface area contributed by atoms with Gasteiger partial charge in [-0.3, -0.25) is 0 Å². The fraction of sp³-hybridized carbons (Fsp3) is 0.636. The Morgan fingerprint density at radius 1 is 1.53 bits per heavy atom. The Bertz CT molecular complexity index is 346. The number of unbranched alkanes of at least 4 members (excludes halogenated alkanes) is 1. The first-order valence-corrected chi connectivity index (χ1v) is 5.23. The van der Waals surface area contributed by atoms with Crippen LogP contribution in [0.25, 0.3) is 0 Å². The second-order valence-corrected chi connectivity index (χ2v) is 4.43. The topological polar surface area (TPSA) is 67.6 Å². The van der Waals surface area contributed by atoms with E-state index in [1.807, 2.05) is 24.6 Å². The maximum absolute atomic E-state index is 8.84. The van der Waals surface area contributed by atoms with Crippen LogP contribution in [0, 0.1) is 16.7 Å². The lowest BCUT2D eigenvalue weighted by Gasteiger charge is -2.14. The van der Waals surface area contributed by atoms with Gasteiger partial charge >= 0.3 is 0 Å². The summed E-state index contributed by atoms with van der Waals surface area (Å²) in [5, 5.41) is 8.84. The van der Waals surface area contributed by atoms with Gasteiger partial charge in [-0.2, -0.15) is 5.26 Å². The molecule has 1 heterocycles. The minimum atomic E-state index is -0.208. The zero-order valence-electron chi connectivity index (χ0n) is 9.40. The van der Waals surface area contributed by atoms with Crippen LogP contribution in [0.2, 0.25) is 0 Å². The van der Waals surface area contributed by atoms with Crippen LogP contribution in [0.4, 0.5) is 5.95 Å². The second kappa shape index (κ2) is 4.83. The first-order chi connectivity index (χ1) is 7.05. The summed E-state index contributed by atoms with van der Waals surface area (Å²) >= 11 is 0. The monoisotopic (exact) mass is 206 g/mol. The molecule has 0 bridgehead atoms. The number of rotatable bonds is 5. The van der Waals surface area contributed by atoms with Crippen LogP contribution in [-0.2, 0) is 6.54 Å². The van der Waals surface area contributed by atoms with Crippen LogP contribution < -0.4 is 5.73 Å². The molecule has 1 rings (SSSR count). The fourth-order valence-corrected chi connectivity index (χ4v) is 1.43. The Kier molecular flexibility index (Phi) is 3.73. The summed E-state index contributed by atoms with van der Waals surface area (Å²) in [5.41, 5.74) is 5.43. The van der Waals surface area contributed by atoms with Gasteiger partial charge in [-0.25, -0.2) is 4.98 Å². The van der Waals surface area contributed by atoms with Gasteiger partial charge in [0.15, 0.2) is 5.95 Å². The van der Waals surface area contributed by atoms with E-state index in [2.05, 4.69) is 11.1 Å². The Labute approximate surface area is 90.7 Å². The van der Waals surface area contributed by atoms with E-state index >= 15 is 0 Å². The van der Waals surface area contributed by atoms with Crippen LogP contribution in [0.15, 0.2) is 12.4 Å². The van der Waals surface area contributed by atoms with E-state index in [4.69, 9.17) is 11.0 Å². The van der Waals surface area contributed by atoms with Gasteiger partial charge < -0.3 is 10.3 Å². The Balaban J connectivity index is 2.24. The molecule has 4 nitrogen and oxygen atoms in total. The molecule has 2 N–H and O–H groups in total. The van der Waals surface area contributed by atoms with Crippen molar-refractivity contribution in [1.29, 1.82) is 5.26 Å². The minimum absolute atomic E-state index is 0.208. The molecule has 1 aromatic heterocycles. The number of nitrogen functional groups attached to an aromatic ring is 1. The average Bonchev–Trinajstić information content (AvgIpc) is 2.59. The average molecular weight is 206 g/mol. The van der Waals surface area contributed by atoms with Crippen molar-refractivity contribution in [2.45, 2.75) is 39.7 Å². The number of nitriles is 1. The number of aryl methyl sites for hydroxylation is 1. The van der Waals surface area contributed by atoms with Crippen molar-refractivity contribution >= 4 is 5.95 Å². The van der Waals surface area contributed by atoms with Crippen molar-refractivity contribution in [2.75, 3.05) is 5.73 Å². The number of hydrogen-bond donors (Lipinski definition) is 1. The highest BCUT2D eigenvalue weighted by Gasteiger charge is 2.15. The summed E-state index contributed by atoms with van der Waals surface area (Å²) in [4.78, 5) is 3.95. The molecule has 15 heavy (non-hydrogen) atoms. The van der Waals surface area contributed by atoms with Crippen molar-refractivity contribution in [3.05, 3.63) is 12.4 Å². The fourth-order valence-electron chi connectivity index (χ4n) is 1.43. The highest BCUT2D eigenvalue weighted by molar-refractivity contribution is 5.16. The molecule has 0 fully saturated rings. The third kappa shape index (κ3) is 3.62. The standard InChI is InChI=1S/C11H18N4/c1-11(2,9-12)5-3-4-7-15-8-6-14-10(15)13/h6,8H,3-5,7H2,1-2H3,(H2,13,14). The zero-order chi connectivity index (χ0) is 11.3. The summed E-state index contributed by atoms with van der Waals surface area (Å²) in [6.45, 7) is 4.82. The normalized spacial score (nSPS) is 11.3. The predicted molar refractivity (Wildman–Crippen MR) is 59.9 cm³/mol. The number of anilines is 1. The van der Waals surface area contributed by atoms with Crippen LogP contribution in [0.5, 0.6) is 0 Å². The van der Waals surface area contributed by atoms with Gasteiger partial charge in [-0.05, 0) is 26.7 Å². The van der Waals surface area contributed by atoms with Gasteiger partial charge in [-0.15, -0.1) is 0 Å². The molecule has 0 aliphatic heterocycles. The van der Waals surface area contributed by atoms with E-state index in [-0.39, 0.29) is 5.41 Å². The molecule has 0 aliphatic rings. The number of nitrogens with zero attached hydrogens (tertiary/aromatic N) is 3. The summed E-state index contributed by atoms with van der Waals surface area (Å²) in [7, 11) is 0. The summed E-state index contributed by atoms with van der Waals surface area (Å²) in [6, 6.07) is 2.30. The lowest BCUT2D eigenvalue weighted by atomic mass is 9.89. The molecule has 82 valence electrons. The van der Waals surface area contributed by atoms with E-state index in [0.717, 1.165) is 25.8 Å². The van der Waals surface area contributed by atoms with Crippen LogP contribution in [0.1, 0.15) is 33.1 Å². The highest BCUT2D eigenvalue weighted by Crippen LogP contribution is 2.21. The predicted octanol–water partition coefficient (Wildman–Crippen LogP) is 2.19. The number of aromatic nitrogens is 2. The number of hydrogen-bond acceptors (Lipinski definition) is 3. The third-order valence-corrected chi connectivity index (χ3v) is 2.50. The Morgan fingerprint density at radius 2 is 2.27 bits per heavy atom. The van der Waals surface area contributed by atoms with Crippen LogP contribution in [-0.4, -0.2) is 9.55 Å². The maximum atomic E-state index is 8.84. The Morgan fingerprint density at radius 3 is 2.80 bits per heavy atom. The highest BCUT2D eigenvalue weighted by atomic mass is 15.1. The minimum Gasteiger partial charge on any atom is -0.369 e. The van der Waals surface area contributed by atoms with Crippen LogP contribution >= 0.6 is 0 Å². The maximum Gasteiger partial charge on any atom is 0.200 e. The Hall–Kier alpha value is -1.50. The molecule has 0 aromatic carbocycles. The lowest BCUT2D eigenvalue weighted by molar-refractivity contribution is 0.417. The number of imidazole rings is 1. The van der Waals surface area contributed by atoms with Gasteiger partial charge in [0.25, 0.3) is 0 Å². The molecule has 0 aliphatic carbocycles. The zero-order valence-corrected chi connectivity index (χ0v) is 9.40. The number of nitrogens with two attached hydrogens (primary N) is 1. The van der Waals surface area contributed by atoms with Crippen molar-refractivity contribution in [2.24, 2.45) is 5.41 Å². The lowest BCUT2D eigenvalue weighted by Crippen LogP contribution is -2.08. The first-order valence-electron chi connectivity index (χ1n) is 5.23. The van der Waals surface area contributed by atoms with Crippen molar-refractivity contribution in [3.63, 3.8) is 0 Å². The van der Waals surface area contributed by atoms with E-state index < -0.39 is 0 Å². The van der Waals surface area contributed by atoms with E-state index in [9.17, 15) is 0 Å². The van der Waals surface area contributed by atoms with Gasteiger partial charge in [0.1, 0.15) is 0 Å². The van der Waals surface area contributed by atoms with E-state index in [1.165, 1.54) is 0 Å². The van der Waals surface area contributed by atoms with Gasteiger partial charge in [-0.1, -0.05) is 6.42 Å². The molecule has 4 heteroatoms. The second-order valence-electron chi connectivity index (χ2n) is 4.43. The quantitative estimate of drug-likeness (QED) is 0.751. The molecular weight excluding hydrogens is 188 g/mol. The molecule has 0 saturated carbocycles. The first kappa shape index (κ1) is 11.6. The third-order valence-electron chi connectivity index (χ3n) is 2.50. The molecular formula is C11H18N4. The molecule has 0 spiro atoms. The summed E-state index contributed by atoms with van der Waals surface area (Å²) < 4.78 is 1.93.